The van der Waals surface area contributed by atoms with E-state index in [2.05, 4.69) is 48.0 Å². The summed E-state index contributed by atoms with van der Waals surface area (Å²) in [6.45, 7) is 10.2. The Morgan fingerprint density at radius 1 is 0.919 bits per heavy atom. The molecule has 6 heteroatoms. The molecule has 0 unspecified atom stereocenters. The fourth-order valence-corrected chi connectivity index (χ4v) is 4.41. The molecule has 0 bridgehead atoms. The lowest BCUT2D eigenvalue weighted by Crippen LogP contribution is -2.50. The molecule has 0 saturated heterocycles. The van der Waals surface area contributed by atoms with E-state index < -0.39 is 5.54 Å². The molecule has 37 heavy (non-hydrogen) atoms. The standard InChI is InChI=1S/C31H41N3O3/c1-25-11-9-14-27(21-25)22-32-18-10-15-28(32)23-34(31(2,3)4)30(36)24-33(19-20-37-5)29(35)17-16-26-12-7-6-8-13-26/h6-15,18,21H,16-17,19-20,22-24H2,1-5H3. The molecule has 1 heterocycles. The molecule has 0 atom stereocenters. The summed E-state index contributed by atoms with van der Waals surface area (Å²) >= 11 is 0. The topological polar surface area (TPSA) is 54.8 Å². The quantitative estimate of drug-likeness (QED) is 0.346. The van der Waals surface area contributed by atoms with Gasteiger partial charge in [-0.25, -0.2) is 0 Å². The van der Waals surface area contributed by atoms with Crippen LogP contribution in [0.5, 0.6) is 0 Å². The van der Waals surface area contributed by atoms with Crippen molar-refractivity contribution in [1.29, 1.82) is 0 Å². The number of hydrogen-bond acceptors (Lipinski definition) is 3. The van der Waals surface area contributed by atoms with Crippen LogP contribution in [0.25, 0.3) is 0 Å². The summed E-state index contributed by atoms with van der Waals surface area (Å²) < 4.78 is 7.43. The Morgan fingerprint density at radius 3 is 2.32 bits per heavy atom. The molecule has 0 N–H and O–H groups in total. The average molecular weight is 504 g/mol. The molecular formula is C31H41N3O3. The monoisotopic (exact) mass is 503 g/mol. The van der Waals surface area contributed by atoms with Crippen LogP contribution in [0, 0.1) is 6.92 Å². The lowest BCUT2D eigenvalue weighted by atomic mass is 10.0. The molecule has 0 radical (unpaired) electrons. The number of aryl methyl sites for hydroxylation is 2. The maximum atomic E-state index is 13.7. The van der Waals surface area contributed by atoms with Crippen LogP contribution >= 0.6 is 0 Å². The zero-order chi connectivity index (χ0) is 26.8. The van der Waals surface area contributed by atoms with E-state index in [0.717, 1.165) is 17.8 Å². The lowest BCUT2D eigenvalue weighted by Gasteiger charge is -2.37. The van der Waals surface area contributed by atoms with Gasteiger partial charge in [0.05, 0.1) is 19.7 Å². The van der Waals surface area contributed by atoms with Gasteiger partial charge in [0.2, 0.25) is 11.8 Å². The smallest absolute Gasteiger partial charge is 0.242 e. The molecule has 0 saturated carbocycles. The normalized spacial score (nSPS) is 11.4. The van der Waals surface area contributed by atoms with Crippen molar-refractivity contribution in [2.75, 3.05) is 26.8 Å². The summed E-state index contributed by atoms with van der Waals surface area (Å²) in [5.74, 6) is -0.106. The predicted molar refractivity (Wildman–Crippen MR) is 148 cm³/mol. The van der Waals surface area contributed by atoms with Gasteiger partial charge in [-0.3, -0.25) is 9.59 Å². The summed E-state index contributed by atoms with van der Waals surface area (Å²) in [4.78, 5) is 30.3. The minimum Gasteiger partial charge on any atom is -0.383 e. The highest BCUT2D eigenvalue weighted by Crippen LogP contribution is 2.20. The van der Waals surface area contributed by atoms with Gasteiger partial charge in [-0.15, -0.1) is 0 Å². The summed E-state index contributed by atoms with van der Waals surface area (Å²) in [6, 6.07) is 22.5. The highest BCUT2D eigenvalue weighted by atomic mass is 16.5. The second kappa shape index (κ2) is 13.2. The molecule has 3 rings (SSSR count). The SMILES string of the molecule is COCCN(CC(=O)N(Cc1cccn1Cc1cccc(C)c1)C(C)(C)C)C(=O)CCc1ccccc1. The zero-order valence-corrected chi connectivity index (χ0v) is 22.9. The highest BCUT2D eigenvalue weighted by Gasteiger charge is 2.29. The fraction of sp³-hybridized carbons (Fsp3) is 0.419. The van der Waals surface area contributed by atoms with Gasteiger partial charge in [-0.2, -0.15) is 0 Å². The molecular weight excluding hydrogens is 462 g/mol. The second-order valence-electron chi connectivity index (χ2n) is 10.6. The van der Waals surface area contributed by atoms with E-state index in [4.69, 9.17) is 4.74 Å². The van der Waals surface area contributed by atoms with Crippen LogP contribution in [0.3, 0.4) is 0 Å². The Kier molecular flexibility index (Phi) is 10.1. The maximum Gasteiger partial charge on any atom is 0.242 e. The minimum absolute atomic E-state index is 0.0346. The molecule has 3 aromatic rings. The molecule has 0 aliphatic carbocycles. The van der Waals surface area contributed by atoms with Crippen molar-refractivity contribution >= 4 is 11.8 Å². The lowest BCUT2D eigenvalue weighted by molar-refractivity contribution is -0.144. The third kappa shape index (κ3) is 8.60. The van der Waals surface area contributed by atoms with Gasteiger partial charge in [0.25, 0.3) is 0 Å². The highest BCUT2D eigenvalue weighted by molar-refractivity contribution is 5.85. The Balaban J connectivity index is 1.72. The number of rotatable bonds is 12. The van der Waals surface area contributed by atoms with Crippen LogP contribution in [-0.4, -0.2) is 58.5 Å². The zero-order valence-electron chi connectivity index (χ0n) is 22.9. The third-order valence-electron chi connectivity index (χ3n) is 6.50. The first kappa shape index (κ1) is 28.2. The molecule has 6 nitrogen and oxygen atoms in total. The number of carbonyl (C=O) groups excluding carboxylic acids is 2. The minimum atomic E-state index is -0.407. The summed E-state index contributed by atoms with van der Waals surface area (Å²) in [6.07, 6.45) is 3.06. The van der Waals surface area contributed by atoms with E-state index in [-0.39, 0.29) is 18.4 Å². The number of aromatic nitrogens is 1. The molecule has 2 aromatic carbocycles. The van der Waals surface area contributed by atoms with Gasteiger partial charge in [0.1, 0.15) is 0 Å². The number of carbonyl (C=O) groups is 2. The number of methoxy groups -OCH3 is 1. The van der Waals surface area contributed by atoms with Gasteiger partial charge in [-0.05, 0) is 57.4 Å². The molecule has 2 amide bonds. The largest absolute Gasteiger partial charge is 0.383 e. The number of nitrogens with zero attached hydrogens (tertiary/aromatic N) is 3. The Bertz CT molecular complexity index is 1150. The first-order valence-electron chi connectivity index (χ1n) is 13.0. The van der Waals surface area contributed by atoms with Crippen molar-refractivity contribution in [2.45, 2.75) is 59.2 Å². The van der Waals surface area contributed by atoms with Gasteiger partial charge >= 0.3 is 0 Å². The molecule has 0 aliphatic rings. The molecule has 0 spiro atoms. The third-order valence-corrected chi connectivity index (χ3v) is 6.50. The maximum absolute atomic E-state index is 13.7. The summed E-state index contributed by atoms with van der Waals surface area (Å²) in [5, 5.41) is 0. The second-order valence-corrected chi connectivity index (χ2v) is 10.6. The van der Waals surface area contributed by atoms with Crippen molar-refractivity contribution in [3.63, 3.8) is 0 Å². The number of benzene rings is 2. The van der Waals surface area contributed by atoms with Gasteiger partial charge in [-0.1, -0.05) is 60.2 Å². The van der Waals surface area contributed by atoms with E-state index in [1.807, 2.05) is 62.1 Å². The van der Waals surface area contributed by atoms with Crippen molar-refractivity contribution in [2.24, 2.45) is 0 Å². The van der Waals surface area contributed by atoms with E-state index >= 15 is 0 Å². The van der Waals surface area contributed by atoms with Crippen LogP contribution in [-0.2, 0) is 33.8 Å². The van der Waals surface area contributed by atoms with Crippen molar-refractivity contribution in [3.05, 3.63) is 95.3 Å². The van der Waals surface area contributed by atoms with Gasteiger partial charge in [0, 0.05) is 44.0 Å². The van der Waals surface area contributed by atoms with E-state index in [1.54, 1.807) is 12.0 Å². The fourth-order valence-electron chi connectivity index (χ4n) is 4.41. The number of ether oxygens (including phenoxy) is 1. The number of hydrogen-bond donors (Lipinski definition) is 0. The Morgan fingerprint density at radius 2 is 1.65 bits per heavy atom. The molecule has 0 aliphatic heterocycles. The van der Waals surface area contributed by atoms with E-state index in [9.17, 15) is 9.59 Å². The van der Waals surface area contributed by atoms with Crippen molar-refractivity contribution in [1.82, 2.24) is 14.4 Å². The van der Waals surface area contributed by atoms with Crippen LogP contribution in [0.4, 0.5) is 0 Å². The van der Waals surface area contributed by atoms with E-state index in [1.165, 1.54) is 11.1 Å². The first-order valence-corrected chi connectivity index (χ1v) is 13.0. The molecule has 198 valence electrons. The first-order chi connectivity index (χ1) is 17.7. The summed E-state index contributed by atoms with van der Waals surface area (Å²) in [7, 11) is 1.61. The van der Waals surface area contributed by atoms with Gasteiger partial charge in [0.15, 0.2) is 0 Å². The Hall–Kier alpha value is -3.38. The molecule has 0 fully saturated rings. The predicted octanol–water partition coefficient (Wildman–Crippen LogP) is 5.08. The van der Waals surface area contributed by atoms with Crippen LogP contribution in [0.1, 0.15) is 49.6 Å². The van der Waals surface area contributed by atoms with E-state index in [0.29, 0.717) is 32.5 Å². The molecule has 1 aromatic heterocycles. The Labute approximate surface area is 221 Å². The number of amides is 2. The van der Waals surface area contributed by atoms with Crippen molar-refractivity contribution < 1.29 is 14.3 Å². The summed E-state index contributed by atoms with van der Waals surface area (Å²) in [5.41, 5.74) is 4.21. The van der Waals surface area contributed by atoms with Crippen LogP contribution in [0.2, 0.25) is 0 Å². The van der Waals surface area contributed by atoms with Gasteiger partial charge < -0.3 is 19.1 Å². The van der Waals surface area contributed by atoms with Crippen molar-refractivity contribution in [3.8, 4) is 0 Å². The van der Waals surface area contributed by atoms with Crippen LogP contribution < -0.4 is 0 Å². The van der Waals surface area contributed by atoms with Crippen LogP contribution in [0.15, 0.2) is 72.9 Å². The average Bonchev–Trinajstić information content (AvgIpc) is 3.29.